The molecule has 0 amide bonds. The van der Waals surface area contributed by atoms with Gasteiger partial charge in [-0.3, -0.25) is 4.79 Å². The van der Waals surface area contributed by atoms with Crippen molar-refractivity contribution in [3.05, 3.63) is 76.9 Å². The molecule has 3 aromatic rings. The lowest BCUT2D eigenvalue weighted by Crippen LogP contribution is -2.14. The van der Waals surface area contributed by atoms with Gasteiger partial charge in [-0.25, -0.2) is 9.07 Å². The van der Waals surface area contributed by atoms with Crippen LogP contribution in [-0.2, 0) is 30.2 Å². The molecular weight excluding hydrogens is 398 g/mol. The zero-order valence-corrected chi connectivity index (χ0v) is 16.4. The number of hydrogen-bond donors (Lipinski definition) is 0. The largest absolute Gasteiger partial charge is 0.416 e. The van der Waals surface area contributed by atoms with E-state index in [9.17, 15) is 22.4 Å². The average molecular weight is 419 g/mol. The standard InChI is InChI=1S/C22H21F4N3O/c1-2-3-7-17-14-29(28-27-17)21-10-9-15(12-20(21)23)11-18(30)13-16-6-4-5-8-19(16)22(24,25)26/h4-6,8-10,12,14H,2-3,7,11,13H2,1H3. The summed E-state index contributed by atoms with van der Waals surface area (Å²) in [5, 5.41) is 7.95. The summed E-state index contributed by atoms with van der Waals surface area (Å²) in [5.41, 5.74) is 0.430. The van der Waals surface area contributed by atoms with Crippen LogP contribution in [0.25, 0.3) is 5.69 Å². The van der Waals surface area contributed by atoms with Crippen molar-refractivity contribution in [1.29, 1.82) is 0 Å². The van der Waals surface area contributed by atoms with Crippen molar-refractivity contribution >= 4 is 5.78 Å². The Balaban J connectivity index is 1.70. The third-order valence-electron chi connectivity index (χ3n) is 4.70. The van der Waals surface area contributed by atoms with Gasteiger partial charge in [-0.1, -0.05) is 42.8 Å². The van der Waals surface area contributed by atoms with E-state index in [-0.39, 0.29) is 24.1 Å². The normalized spacial score (nSPS) is 11.6. The molecule has 0 atom stereocenters. The number of hydrogen-bond acceptors (Lipinski definition) is 3. The number of halogens is 4. The van der Waals surface area contributed by atoms with Crippen molar-refractivity contribution in [2.24, 2.45) is 0 Å². The summed E-state index contributed by atoms with van der Waals surface area (Å²) in [5.74, 6) is -1.01. The molecule has 1 heterocycles. The van der Waals surface area contributed by atoms with E-state index in [1.165, 1.54) is 35.0 Å². The van der Waals surface area contributed by atoms with Crippen LogP contribution < -0.4 is 0 Å². The van der Waals surface area contributed by atoms with E-state index >= 15 is 0 Å². The molecule has 0 unspecified atom stereocenters. The summed E-state index contributed by atoms with van der Waals surface area (Å²) in [7, 11) is 0. The monoisotopic (exact) mass is 419 g/mol. The van der Waals surface area contributed by atoms with Gasteiger partial charge in [0.1, 0.15) is 17.3 Å². The molecule has 0 radical (unpaired) electrons. The molecule has 0 aliphatic rings. The van der Waals surface area contributed by atoms with E-state index in [2.05, 4.69) is 17.2 Å². The molecule has 0 fully saturated rings. The van der Waals surface area contributed by atoms with Gasteiger partial charge in [0.05, 0.1) is 17.5 Å². The number of carbonyl (C=O) groups is 1. The highest BCUT2D eigenvalue weighted by Crippen LogP contribution is 2.32. The molecule has 158 valence electrons. The van der Waals surface area contributed by atoms with Crippen LogP contribution in [0.5, 0.6) is 0 Å². The Morgan fingerprint density at radius 1 is 1.10 bits per heavy atom. The van der Waals surface area contributed by atoms with E-state index in [0.29, 0.717) is 5.56 Å². The zero-order chi connectivity index (χ0) is 21.7. The zero-order valence-electron chi connectivity index (χ0n) is 16.4. The molecule has 4 nitrogen and oxygen atoms in total. The smallest absolute Gasteiger partial charge is 0.299 e. The fraction of sp³-hybridized carbons (Fsp3) is 0.318. The first-order valence-electron chi connectivity index (χ1n) is 9.64. The second-order valence-corrected chi connectivity index (χ2v) is 7.09. The molecule has 2 aromatic carbocycles. The van der Waals surface area contributed by atoms with E-state index in [1.807, 2.05) is 0 Å². The number of Topliss-reactive ketones (excluding diaryl/α,β-unsaturated/α-hetero) is 1. The van der Waals surface area contributed by atoms with Crippen LogP contribution in [-0.4, -0.2) is 20.8 Å². The van der Waals surface area contributed by atoms with Gasteiger partial charge >= 0.3 is 6.18 Å². The number of carbonyl (C=O) groups excluding carboxylic acids is 1. The highest BCUT2D eigenvalue weighted by Gasteiger charge is 2.33. The van der Waals surface area contributed by atoms with Crippen LogP contribution in [0.3, 0.4) is 0 Å². The molecule has 0 aliphatic heterocycles. The van der Waals surface area contributed by atoms with Crippen LogP contribution in [0.2, 0.25) is 0 Å². The number of ketones is 1. The van der Waals surface area contributed by atoms with E-state index < -0.39 is 23.3 Å². The average Bonchev–Trinajstić information content (AvgIpc) is 3.14. The fourth-order valence-corrected chi connectivity index (χ4v) is 3.19. The van der Waals surface area contributed by atoms with Crippen LogP contribution in [0.15, 0.2) is 48.7 Å². The van der Waals surface area contributed by atoms with Gasteiger partial charge in [-0.2, -0.15) is 13.2 Å². The van der Waals surface area contributed by atoms with Gasteiger partial charge in [0.2, 0.25) is 0 Å². The maximum absolute atomic E-state index is 14.5. The molecule has 3 rings (SSSR count). The van der Waals surface area contributed by atoms with Crippen molar-refractivity contribution in [2.45, 2.75) is 45.2 Å². The Labute approximate surface area is 171 Å². The van der Waals surface area contributed by atoms with Gasteiger partial charge in [0, 0.05) is 12.8 Å². The molecule has 8 heteroatoms. The van der Waals surface area contributed by atoms with Crippen molar-refractivity contribution < 1.29 is 22.4 Å². The van der Waals surface area contributed by atoms with Gasteiger partial charge in [-0.05, 0) is 42.2 Å². The molecule has 0 saturated carbocycles. The van der Waals surface area contributed by atoms with E-state index in [1.54, 1.807) is 12.3 Å². The number of benzene rings is 2. The third-order valence-corrected chi connectivity index (χ3v) is 4.70. The van der Waals surface area contributed by atoms with Gasteiger partial charge < -0.3 is 0 Å². The molecule has 1 aromatic heterocycles. The van der Waals surface area contributed by atoms with Crippen LogP contribution in [0, 0.1) is 5.82 Å². The maximum Gasteiger partial charge on any atom is 0.416 e. The van der Waals surface area contributed by atoms with Crippen molar-refractivity contribution in [2.75, 3.05) is 0 Å². The number of rotatable bonds is 8. The predicted molar refractivity (Wildman–Crippen MR) is 104 cm³/mol. The van der Waals surface area contributed by atoms with Crippen LogP contribution in [0.4, 0.5) is 17.6 Å². The number of alkyl halides is 3. The Kier molecular flexibility index (Phi) is 6.64. The lowest BCUT2D eigenvalue weighted by atomic mass is 9.98. The first kappa shape index (κ1) is 21.7. The maximum atomic E-state index is 14.5. The number of aryl methyl sites for hydroxylation is 1. The Morgan fingerprint density at radius 3 is 2.57 bits per heavy atom. The lowest BCUT2D eigenvalue weighted by molar-refractivity contribution is -0.138. The minimum atomic E-state index is -4.53. The number of nitrogens with zero attached hydrogens (tertiary/aromatic N) is 3. The molecule has 30 heavy (non-hydrogen) atoms. The van der Waals surface area contributed by atoms with Gasteiger partial charge in [-0.15, -0.1) is 5.10 Å². The molecule has 0 saturated heterocycles. The first-order chi connectivity index (χ1) is 14.3. The van der Waals surface area contributed by atoms with Gasteiger partial charge in [0.25, 0.3) is 0 Å². The molecule has 0 aliphatic carbocycles. The number of aromatic nitrogens is 3. The Morgan fingerprint density at radius 2 is 1.87 bits per heavy atom. The molecule has 0 spiro atoms. The molecule has 0 N–H and O–H groups in total. The Hall–Kier alpha value is -3.03. The summed E-state index contributed by atoms with van der Waals surface area (Å²) in [4.78, 5) is 12.3. The highest BCUT2D eigenvalue weighted by molar-refractivity contribution is 5.83. The third kappa shape index (κ3) is 5.31. The molecular formula is C22H21F4N3O. The highest BCUT2D eigenvalue weighted by atomic mass is 19.4. The van der Waals surface area contributed by atoms with Crippen molar-refractivity contribution in [3.63, 3.8) is 0 Å². The van der Waals surface area contributed by atoms with Gasteiger partial charge in [0.15, 0.2) is 0 Å². The summed E-state index contributed by atoms with van der Waals surface area (Å²) in [6.45, 7) is 2.06. The van der Waals surface area contributed by atoms with E-state index in [0.717, 1.165) is 31.0 Å². The summed E-state index contributed by atoms with van der Waals surface area (Å²) in [6, 6.07) is 9.23. The lowest BCUT2D eigenvalue weighted by Gasteiger charge is -2.12. The molecule has 0 bridgehead atoms. The summed E-state index contributed by atoms with van der Waals surface area (Å²) < 4.78 is 55.1. The predicted octanol–water partition coefficient (Wildman–Crippen LogP) is 5.12. The Bertz CT molecular complexity index is 1030. The topological polar surface area (TPSA) is 47.8 Å². The van der Waals surface area contributed by atoms with E-state index in [4.69, 9.17) is 0 Å². The van der Waals surface area contributed by atoms with Crippen LogP contribution in [0.1, 0.15) is 42.1 Å². The first-order valence-corrected chi connectivity index (χ1v) is 9.64. The quantitative estimate of drug-likeness (QED) is 0.476. The minimum absolute atomic E-state index is 0.0886. The SMILES string of the molecule is CCCCc1cn(-c2ccc(CC(=O)Cc3ccccc3C(F)(F)F)cc2F)nn1. The van der Waals surface area contributed by atoms with Crippen molar-refractivity contribution in [3.8, 4) is 5.69 Å². The van der Waals surface area contributed by atoms with Crippen molar-refractivity contribution in [1.82, 2.24) is 15.0 Å². The second kappa shape index (κ2) is 9.19. The minimum Gasteiger partial charge on any atom is -0.299 e. The van der Waals surface area contributed by atoms with Crippen LogP contribution >= 0.6 is 0 Å². The number of unbranched alkanes of at least 4 members (excludes halogenated alkanes) is 1. The fourth-order valence-electron chi connectivity index (χ4n) is 3.19. The summed E-state index contributed by atoms with van der Waals surface area (Å²) >= 11 is 0. The summed E-state index contributed by atoms with van der Waals surface area (Å²) in [6.07, 6.45) is -0.683. The second-order valence-electron chi connectivity index (χ2n) is 7.09.